The summed E-state index contributed by atoms with van der Waals surface area (Å²) >= 11 is 1.18. The van der Waals surface area contributed by atoms with E-state index >= 15 is 0 Å². The third kappa shape index (κ3) is 4.20. The van der Waals surface area contributed by atoms with Crippen molar-refractivity contribution < 1.29 is 19.2 Å². The van der Waals surface area contributed by atoms with E-state index in [1.165, 1.54) is 11.8 Å². The molecule has 1 N–H and O–H groups in total. The Labute approximate surface area is 114 Å². The number of hydrogen-bond donors (Lipinski definition) is 1. The van der Waals surface area contributed by atoms with Crippen LogP contribution in [0.15, 0.2) is 17.0 Å². The standard InChI is InChI=1S/C12H14FNO4S/c1-2-3-4-5-19-11-7-9(13)8(12(15)16)6-10(11)14(17)18/h6-7H,2-5H2,1H3,(H,15,16). The number of hydrogen-bond acceptors (Lipinski definition) is 4. The lowest BCUT2D eigenvalue weighted by atomic mass is 10.2. The van der Waals surface area contributed by atoms with Gasteiger partial charge in [0.05, 0.1) is 9.82 Å². The van der Waals surface area contributed by atoms with E-state index in [1.807, 2.05) is 6.92 Å². The van der Waals surface area contributed by atoms with Gasteiger partial charge in [-0.3, -0.25) is 10.1 Å². The van der Waals surface area contributed by atoms with E-state index in [9.17, 15) is 19.3 Å². The Kier molecular flexibility index (Phi) is 5.75. The highest BCUT2D eigenvalue weighted by Gasteiger charge is 2.21. The van der Waals surface area contributed by atoms with Crippen LogP contribution in [0.2, 0.25) is 0 Å². The fourth-order valence-corrected chi connectivity index (χ4v) is 2.54. The first-order chi connectivity index (χ1) is 8.97. The second-order valence-corrected chi connectivity index (χ2v) is 5.05. The number of rotatable bonds is 7. The van der Waals surface area contributed by atoms with E-state index < -0.39 is 22.3 Å². The first kappa shape index (κ1) is 15.4. The van der Waals surface area contributed by atoms with Crippen molar-refractivity contribution in [3.63, 3.8) is 0 Å². The summed E-state index contributed by atoms with van der Waals surface area (Å²) in [7, 11) is 0. The molecule has 0 saturated heterocycles. The van der Waals surface area contributed by atoms with Crippen molar-refractivity contribution in [2.45, 2.75) is 31.1 Å². The highest BCUT2D eigenvalue weighted by molar-refractivity contribution is 7.99. The fourth-order valence-electron chi connectivity index (χ4n) is 1.50. The molecule has 0 aliphatic rings. The summed E-state index contributed by atoms with van der Waals surface area (Å²) in [5.41, 5.74) is -1.04. The van der Waals surface area contributed by atoms with Gasteiger partial charge in [0.2, 0.25) is 0 Å². The zero-order valence-corrected chi connectivity index (χ0v) is 11.2. The molecule has 0 aromatic heterocycles. The number of nitro groups is 1. The van der Waals surface area contributed by atoms with Crippen LogP contribution < -0.4 is 0 Å². The van der Waals surface area contributed by atoms with Crippen LogP contribution in [0.4, 0.5) is 10.1 Å². The topological polar surface area (TPSA) is 80.4 Å². The summed E-state index contributed by atoms with van der Waals surface area (Å²) in [4.78, 5) is 21.1. The van der Waals surface area contributed by atoms with Gasteiger partial charge >= 0.3 is 5.97 Å². The van der Waals surface area contributed by atoms with Crippen molar-refractivity contribution in [1.29, 1.82) is 0 Å². The van der Waals surface area contributed by atoms with Gasteiger partial charge in [-0.1, -0.05) is 19.8 Å². The molecule has 1 aromatic rings. The molecule has 0 fully saturated rings. The molecule has 0 aliphatic carbocycles. The number of thioether (sulfide) groups is 1. The molecule has 1 aromatic carbocycles. The monoisotopic (exact) mass is 287 g/mol. The van der Waals surface area contributed by atoms with Crippen molar-refractivity contribution >= 4 is 23.4 Å². The lowest BCUT2D eigenvalue weighted by Crippen LogP contribution is -2.03. The molecule has 0 heterocycles. The summed E-state index contributed by atoms with van der Waals surface area (Å²) in [6, 6.07) is 1.71. The Balaban J connectivity index is 2.99. The number of unbranched alkanes of at least 4 members (excludes halogenated alkanes) is 2. The van der Waals surface area contributed by atoms with Crippen LogP contribution in [0.5, 0.6) is 0 Å². The third-order valence-electron chi connectivity index (χ3n) is 2.48. The molecular weight excluding hydrogens is 273 g/mol. The van der Waals surface area contributed by atoms with E-state index in [4.69, 9.17) is 5.11 Å². The Morgan fingerprint density at radius 2 is 2.16 bits per heavy atom. The van der Waals surface area contributed by atoms with Gasteiger partial charge in [0.25, 0.3) is 5.69 Å². The molecule has 0 atom stereocenters. The van der Waals surface area contributed by atoms with E-state index in [0.717, 1.165) is 31.4 Å². The van der Waals surface area contributed by atoms with Crippen LogP contribution in [-0.4, -0.2) is 21.8 Å². The molecule has 0 amide bonds. The quantitative estimate of drug-likeness (QED) is 0.358. The van der Waals surface area contributed by atoms with Gasteiger partial charge in [0, 0.05) is 6.07 Å². The average Bonchev–Trinajstić information content (AvgIpc) is 2.33. The molecule has 0 saturated carbocycles. The lowest BCUT2D eigenvalue weighted by molar-refractivity contribution is -0.387. The molecular formula is C12H14FNO4S. The predicted octanol–water partition coefficient (Wildman–Crippen LogP) is 3.71. The Morgan fingerprint density at radius 1 is 1.47 bits per heavy atom. The maximum absolute atomic E-state index is 13.5. The number of carboxylic acid groups (broad SMARTS) is 1. The molecule has 7 heteroatoms. The van der Waals surface area contributed by atoms with Crippen LogP contribution >= 0.6 is 11.8 Å². The van der Waals surface area contributed by atoms with Crippen LogP contribution in [0.25, 0.3) is 0 Å². The van der Waals surface area contributed by atoms with Crippen molar-refractivity contribution in [2.75, 3.05) is 5.75 Å². The number of aromatic carboxylic acids is 1. The van der Waals surface area contributed by atoms with Crippen LogP contribution in [-0.2, 0) is 0 Å². The molecule has 0 bridgehead atoms. The highest BCUT2D eigenvalue weighted by Crippen LogP contribution is 2.32. The Morgan fingerprint density at radius 3 is 2.68 bits per heavy atom. The van der Waals surface area contributed by atoms with Crippen molar-refractivity contribution in [3.05, 3.63) is 33.6 Å². The Hall–Kier alpha value is -1.63. The largest absolute Gasteiger partial charge is 0.478 e. The molecule has 19 heavy (non-hydrogen) atoms. The summed E-state index contributed by atoms with van der Waals surface area (Å²) in [6.45, 7) is 2.04. The molecule has 0 unspecified atom stereocenters. The molecule has 0 spiro atoms. The number of benzene rings is 1. The first-order valence-corrected chi connectivity index (χ1v) is 6.80. The fraction of sp³-hybridized carbons (Fsp3) is 0.417. The minimum absolute atomic E-state index is 0.170. The molecule has 0 aliphatic heterocycles. The summed E-state index contributed by atoms with van der Waals surface area (Å²) in [6.07, 6.45) is 2.89. The summed E-state index contributed by atoms with van der Waals surface area (Å²) < 4.78 is 13.5. The van der Waals surface area contributed by atoms with E-state index in [-0.39, 0.29) is 10.6 Å². The average molecular weight is 287 g/mol. The van der Waals surface area contributed by atoms with Crippen molar-refractivity contribution in [2.24, 2.45) is 0 Å². The van der Waals surface area contributed by atoms with E-state index in [0.29, 0.717) is 5.75 Å². The normalized spacial score (nSPS) is 10.4. The van der Waals surface area contributed by atoms with Crippen LogP contribution in [0.3, 0.4) is 0 Å². The zero-order valence-electron chi connectivity index (χ0n) is 10.4. The first-order valence-electron chi connectivity index (χ1n) is 5.81. The molecule has 5 nitrogen and oxygen atoms in total. The molecule has 0 radical (unpaired) electrons. The number of halogens is 1. The maximum atomic E-state index is 13.5. The maximum Gasteiger partial charge on any atom is 0.338 e. The number of nitrogens with zero attached hydrogens (tertiary/aromatic N) is 1. The van der Waals surface area contributed by atoms with Gasteiger partial charge in [0.1, 0.15) is 11.4 Å². The summed E-state index contributed by atoms with van der Waals surface area (Å²) in [5, 5.41) is 19.6. The van der Waals surface area contributed by atoms with Crippen LogP contribution in [0.1, 0.15) is 36.5 Å². The molecule has 104 valence electrons. The Bertz CT molecular complexity index is 493. The van der Waals surface area contributed by atoms with E-state index in [2.05, 4.69) is 0 Å². The highest BCUT2D eigenvalue weighted by atomic mass is 32.2. The predicted molar refractivity (Wildman–Crippen MR) is 70.3 cm³/mol. The second kappa shape index (κ2) is 7.08. The number of carboxylic acids is 1. The van der Waals surface area contributed by atoms with E-state index in [1.54, 1.807) is 0 Å². The van der Waals surface area contributed by atoms with Crippen molar-refractivity contribution in [1.82, 2.24) is 0 Å². The zero-order chi connectivity index (χ0) is 14.4. The van der Waals surface area contributed by atoms with Gasteiger partial charge < -0.3 is 5.11 Å². The van der Waals surface area contributed by atoms with Gasteiger partial charge in [-0.25, -0.2) is 9.18 Å². The summed E-state index contributed by atoms with van der Waals surface area (Å²) in [5.74, 6) is -1.82. The van der Waals surface area contributed by atoms with Crippen LogP contribution in [0, 0.1) is 15.9 Å². The number of nitro benzene ring substituents is 1. The van der Waals surface area contributed by atoms with Crippen molar-refractivity contribution in [3.8, 4) is 0 Å². The lowest BCUT2D eigenvalue weighted by Gasteiger charge is -2.05. The van der Waals surface area contributed by atoms with Gasteiger partial charge in [-0.2, -0.15) is 0 Å². The minimum atomic E-state index is -1.51. The number of carbonyl (C=O) groups is 1. The second-order valence-electron chi connectivity index (χ2n) is 3.92. The van der Waals surface area contributed by atoms with Gasteiger partial charge in [-0.05, 0) is 18.2 Å². The minimum Gasteiger partial charge on any atom is -0.478 e. The van der Waals surface area contributed by atoms with Gasteiger partial charge in [0.15, 0.2) is 0 Å². The smallest absolute Gasteiger partial charge is 0.338 e. The molecule has 1 rings (SSSR count). The third-order valence-corrected chi connectivity index (χ3v) is 3.61. The SMILES string of the molecule is CCCCCSc1cc(F)c(C(=O)O)cc1[N+](=O)[O-]. The van der Waals surface area contributed by atoms with Gasteiger partial charge in [-0.15, -0.1) is 11.8 Å².